The van der Waals surface area contributed by atoms with Crippen molar-refractivity contribution in [3.63, 3.8) is 0 Å². The highest BCUT2D eigenvalue weighted by atomic mass is 19.2. The third-order valence-corrected chi connectivity index (χ3v) is 2.61. The number of aryl methyl sites for hydroxylation is 1. The predicted octanol–water partition coefficient (Wildman–Crippen LogP) is 2.96. The van der Waals surface area contributed by atoms with E-state index in [4.69, 9.17) is 0 Å². The topological polar surface area (TPSA) is 17.1 Å². The fraction of sp³-hybridized carbons (Fsp3) is 0.364. The van der Waals surface area contributed by atoms with Crippen LogP contribution in [0.1, 0.15) is 40.2 Å². The van der Waals surface area contributed by atoms with Gasteiger partial charge in [0.05, 0.1) is 5.56 Å². The SMILES string of the molecule is Cc1cc(C2CC2)c(F)c(F)c1C=O. The molecule has 1 saturated carbocycles. The highest BCUT2D eigenvalue weighted by Crippen LogP contribution is 2.42. The van der Waals surface area contributed by atoms with E-state index in [-0.39, 0.29) is 11.5 Å². The second-order valence-corrected chi connectivity index (χ2v) is 3.72. The largest absolute Gasteiger partial charge is 0.298 e. The molecule has 0 atom stereocenters. The van der Waals surface area contributed by atoms with E-state index in [1.165, 1.54) is 0 Å². The molecule has 0 heterocycles. The highest BCUT2D eigenvalue weighted by Gasteiger charge is 2.29. The highest BCUT2D eigenvalue weighted by molar-refractivity contribution is 5.78. The average molecular weight is 196 g/mol. The van der Waals surface area contributed by atoms with Crippen molar-refractivity contribution in [1.29, 1.82) is 0 Å². The summed E-state index contributed by atoms with van der Waals surface area (Å²) < 4.78 is 26.7. The third kappa shape index (κ3) is 1.33. The van der Waals surface area contributed by atoms with Gasteiger partial charge in [-0.3, -0.25) is 4.79 Å². The molecule has 3 heteroatoms. The van der Waals surface area contributed by atoms with Crippen molar-refractivity contribution in [3.05, 3.63) is 34.4 Å². The van der Waals surface area contributed by atoms with Crippen LogP contribution in [-0.4, -0.2) is 6.29 Å². The van der Waals surface area contributed by atoms with Crippen molar-refractivity contribution in [2.45, 2.75) is 25.7 Å². The summed E-state index contributed by atoms with van der Waals surface area (Å²) in [4.78, 5) is 10.5. The number of benzene rings is 1. The molecule has 14 heavy (non-hydrogen) atoms. The van der Waals surface area contributed by atoms with Gasteiger partial charge >= 0.3 is 0 Å². The van der Waals surface area contributed by atoms with Gasteiger partial charge in [0.1, 0.15) is 0 Å². The Balaban J connectivity index is 2.60. The van der Waals surface area contributed by atoms with Crippen LogP contribution in [0.25, 0.3) is 0 Å². The summed E-state index contributed by atoms with van der Waals surface area (Å²) in [6.07, 6.45) is 2.19. The number of carbonyl (C=O) groups excluding carboxylic acids is 1. The number of aldehydes is 1. The minimum atomic E-state index is -0.998. The fourth-order valence-electron chi connectivity index (χ4n) is 1.63. The Bertz CT molecular complexity index is 395. The van der Waals surface area contributed by atoms with Crippen molar-refractivity contribution in [2.24, 2.45) is 0 Å². The standard InChI is InChI=1S/C11H10F2O/c1-6-4-8(7-2-3-7)10(12)11(13)9(6)5-14/h4-5,7H,2-3H2,1H3. The van der Waals surface area contributed by atoms with Crippen molar-refractivity contribution >= 4 is 6.29 Å². The molecule has 0 radical (unpaired) electrons. The Morgan fingerprint density at radius 2 is 2.00 bits per heavy atom. The number of hydrogen-bond acceptors (Lipinski definition) is 1. The average Bonchev–Trinajstić information content (AvgIpc) is 2.95. The molecule has 1 aliphatic rings. The number of rotatable bonds is 2. The van der Waals surface area contributed by atoms with E-state index in [2.05, 4.69) is 0 Å². The van der Waals surface area contributed by atoms with Crippen LogP contribution in [0, 0.1) is 18.6 Å². The van der Waals surface area contributed by atoms with Gasteiger partial charge in [-0.2, -0.15) is 0 Å². The Morgan fingerprint density at radius 1 is 1.36 bits per heavy atom. The van der Waals surface area contributed by atoms with E-state index in [0.717, 1.165) is 12.8 Å². The molecule has 1 fully saturated rings. The molecule has 0 bridgehead atoms. The summed E-state index contributed by atoms with van der Waals surface area (Å²) in [7, 11) is 0. The van der Waals surface area contributed by atoms with Gasteiger partial charge in [0, 0.05) is 0 Å². The number of hydrogen-bond donors (Lipinski definition) is 0. The maximum absolute atomic E-state index is 13.4. The third-order valence-electron chi connectivity index (χ3n) is 2.61. The molecule has 0 spiro atoms. The van der Waals surface area contributed by atoms with Gasteiger partial charge in [0.25, 0.3) is 0 Å². The van der Waals surface area contributed by atoms with Crippen molar-refractivity contribution in [2.75, 3.05) is 0 Å². The first-order valence-corrected chi connectivity index (χ1v) is 4.58. The first kappa shape index (κ1) is 9.31. The Hall–Kier alpha value is -1.25. The lowest BCUT2D eigenvalue weighted by atomic mass is 10.0. The zero-order chi connectivity index (χ0) is 10.3. The lowest BCUT2D eigenvalue weighted by Gasteiger charge is -2.07. The molecule has 1 aromatic carbocycles. The Labute approximate surface area is 80.7 Å². The van der Waals surface area contributed by atoms with Gasteiger partial charge < -0.3 is 0 Å². The summed E-state index contributed by atoms with van der Waals surface area (Å²) in [5.41, 5.74) is 0.776. The summed E-state index contributed by atoms with van der Waals surface area (Å²) >= 11 is 0. The molecule has 0 N–H and O–H groups in total. The van der Waals surface area contributed by atoms with E-state index in [1.54, 1.807) is 13.0 Å². The molecule has 74 valence electrons. The summed E-state index contributed by atoms with van der Waals surface area (Å²) in [5, 5.41) is 0. The summed E-state index contributed by atoms with van der Waals surface area (Å²) in [6.45, 7) is 1.62. The summed E-state index contributed by atoms with van der Waals surface area (Å²) in [5.74, 6) is -1.69. The molecule has 1 nitrogen and oxygen atoms in total. The van der Waals surface area contributed by atoms with Crippen LogP contribution in [0.5, 0.6) is 0 Å². The van der Waals surface area contributed by atoms with E-state index in [0.29, 0.717) is 17.4 Å². The lowest BCUT2D eigenvalue weighted by molar-refractivity contribution is 0.111. The molecular formula is C11H10F2O. The van der Waals surface area contributed by atoms with Gasteiger partial charge in [-0.1, -0.05) is 6.07 Å². The zero-order valence-electron chi connectivity index (χ0n) is 7.81. The second kappa shape index (κ2) is 3.15. The lowest BCUT2D eigenvalue weighted by Crippen LogP contribution is -2.01. The first-order chi connectivity index (χ1) is 6.65. The van der Waals surface area contributed by atoms with Crippen molar-refractivity contribution in [3.8, 4) is 0 Å². The first-order valence-electron chi connectivity index (χ1n) is 4.58. The minimum Gasteiger partial charge on any atom is -0.298 e. The van der Waals surface area contributed by atoms with E-state index in [9.17, 15) is 13.6 Å². The Kier molecular flexibility index (Phi) is 2.10. The van der Waals surface area contributed by atoms with E-state index < -0.39 is 11.6 Å². The molecular weight excluding hydrogens is 186 g/mol. The van der Waals surface area contributed by atoms with Crippen LogP contribution in [0.15, 0.2) is 6.07 Å². The van der Waals surface area contributed by atoms with Gasteiger partial charge in [-0.15, -0.1) is 0 Å². The van der Waals surface area contributed by atoms with Crippen LogP contribution in [0.2, 0.25) is 0 Å². The van der Waals surface area contributed by atoms with Crippen LogP contribution in [0.4, 0.5) is 8.78 Å². The van der Waals surface area contributed by atoms with Crippen molar-refractivity contribution < 1.29 is 13.6 Å². The smallest absolute Gasteiger partial charge is 0.169 e. The van der Waals surface area contributed by atoms with Crippen molar-refractivity contribution in [1.82, 2.24) is 0 Å². The van der Waals surface area contributed by atoms with Gasteiger partial charge in [0.2, 0.25) is 0 Å². The van der Waals surface area contributed by atoms with E-state index >= 15 is 0 Å². The maximum Gasteiger partial charge on any atom is 0.169 e. The number of halogens is 2. The monoisotopic (exact) mass is 196 g/mol. The molecule has 0 amide bonds. The predicted molar refractivity (Wildman–Crippen MR) is 48.5 cm³/mol. The molecule has 0 saturated heterocycles. The van der Waals surface area contributed by atoms with Crippen LogP contribution in [0.3, 0.4) is 0 Å². The summed E-state index contributed by atoms with van der Waals surface area (Å²) in [6, 6.07) is 1.58. The van der Waals surface area contributed by atoms with Crippen LogP contribution in [-0.2, 0) is 0 Å². The molecule has 0 unspecified atom stereocenters. The molecule has 2 rings (SSSR count). The number of carbonyl (C=O) groups is 1. The quantitative estimate of drug-likeness (QED) is 0.664. The second-order valence-electron chi connectivity index (χ2n) is 3.72. The van der Waals surface area contributed by atoms with Gasteiger partial charge in [0.15, 0.2) is 17.9 Å². The fourth-order valence-corrected chi connectivity index (χ4v) is 1.63. The molecule has 0 aliphatic heterocycles. The van der Waals surface area contributed by atoms with Crippen LogP contribution < -0.4 is 0 Å². The zero-order valence-corrected chi connectivity index (χ0v) is 7.81. The van der Waals surface area contributed by atoms with Crippen LogP contribution >= 0.6 is 0 Å². The Morgan fingerprint density at radius 3 is 2.50 bits per heavy atom. The van der Waals surface area contributed by atoms with E-state index in [1.807, 2.05) is 0 Å². The molecule has 1 aromatic rings. The maximum atomic E-state index is 13.4. The van der Waals surface area contributed by atoms with Gasteiger partial charge in [-0.25, -0.2) is 8.78 Å². The molecule has 1 aliphatic carbocycles. The molecule has 0 aromatic heterocycles. The normalized spacial score (nSPS) is 15.6. The minimum absolute atomic E-state index is 0.156. The van der Waals surface area contributed by atoms with Gasteiger partial charge in [-0.05, 0) is 36.8 Å².